The fraction of sp³-hybridized carbons (Fsp3) is 0.650. The van der Waals surface area contributed by atoms with Crippen LogP contribution in [0.4, 0.5) is 0 Å². The van der Waals surface area contributed by atoms with E-state index in [1.807, 2.05) is 25.2 Å². The van der Waals surface area contributed by atoms with E-state index in [4.69, 9.17) is 0 Å². The van der Waals surface area contributed by atoms with E-state index in [0.29, 0.717) is 24.6 Å². The highest BCUT2D eigenvalue weighted by molar-refractivity contribution is 5.86. The van der Waals surface area contributed by atoms with Crippen LogP contribution < -0.4 is 10.6 Å². The fourth-order valence-electron chi connectivity index (χ4n) is 2.88. The van der Waals surface area contributed by atoms with Gasteiger partial charge in [-0.25, -0.2) is 0 Å². The van der Waals surface area contributed by atoms with Gasteiger partial charge >= 0.3 is 0 Å². The van der Waals surface area contributed by atoms with Crippen LogP contribution in [0.15, 0.2) is 29.4 Å². The molecular weight excluding hydrogens is 340 g/mol. The number of aromatic nitrogens is 1. The molecule has 7 heteroatoms. The minimum Gasteiger partial charge on any atom is -0.355 e. The van der Waals surface area contributed by atoms with Crippen LogP contribution >= 0.6 is 0 Å². The van der Waals surface area contributed by atoms with Crippen molar-refractivity contribution in [2.75, 3.05) is 40.3 Å². The van der Waals surface area contributed by atoms with E-state index >= 15 is 0 Å². The maximum absolute atomic E-state index is 12.3. The number of amides is 1. The van der Waals surface area contributed by atoms with E-state index in [0.717, 1.165) is 25.2 Å². The van der Waals surface area contributed by atoms with Crippen LogP contribution in [-0.2, 0) is 11.2 Å². The normalized spacial score (nSPS) is 12.0. The van der Waals surface area contributed by atoms with Gasteiger partial charge in [-0.3, -0.25) is 19.7 Å². The second-order valence-corrected chi connectivity index (χ2v) is 7.16. The molecule has 0 aliphatic rings. The maximum Gasteiger partial charge on any atom is 0.241 e. The molecule has 1 heterocycles. The lowest BCUT2D eigenvalue weighted by atomic mass is 10.2. The Morgan fingerprint density at radius 2 is 1.85 bits per heavy atom. The summed E-state index contributed by atoms with van der Waals surface area (Å²) in [5.41, 5.74) is 0.988. The van der Waals surface area contributed by atoms with Crippen molar-refractivity contribution >= 4 is 11.9 Å². The number of hydrogen-bond acceptors (Lipinski definition) is 4. The third-order valence-corrected chi connectivity index (χ3v) is 4.47. The summed E-state index contributed by atoms with van der Waals surface area (Å²) in [6.07, 6.45) is 2.52. The second-order valence-electron chi connectivity index (χ2n) is 7.16. The van der Waals surface area contributed by atoms with Crippen LogP contribution in [0.3, 0.4) is 0 Å². The zero-order valence-electron chi connectivity index (χ0n) is 17.7. The Morgan fingerprint density at radius 3 is 2.41 bits per heavy atom. The summed E-state index contributed by atoms with van der Waals surface area (Å²) in [5.74, 6) is 0.675. The molecule has 1 rings (SSSR count). The Kier molecular flexibility index (Phi) is 10.4. The quantitative estimate of drug-likeness (QED) is 0.477. The van der Waals surface area contributed by atoms with E-state index < -0.39 is 0 Å². The molecule has 0 saturated carbocycles. The predicted octanol–water partition coefficient (Wildman–Crippen LogP) is 1.37. The van der Waals surface area contributed by atoms with Crippen molar-refractivity contribution in [1.82, 2.24) is 25.4 Å². The first-order valence-electron chi connectivity index (χ1n) is 9.69. The Labute approximate surface area is 164 Å². The average Bonchev–Trinajstić information content (AvgIpc) is 2.65. The van der Waals surface area contributed by atoms with Crippen LogP contribution in [0.2, 0.25) is 0 Å². The summed E-state index contributed by atoms with van der Waals surface area (Å²) in [4.78, 5) is 24.9. The lowest BCUT2D eigenvalue weighted by molar-refractivity contribution is -0.128. The van der Waals surface area contributed by atoms with Crippen LogP contribution in [0.1, 0.15) is 33.4 Å². The lowest BCUT2D eigenvalue weighted by Gasteiger charge is -2.30. The van der Waals surface area contributed by atoms with Crippen molar-refractivity contribution in [2.24, 2.45) is 4.99 Å². The summed E-state index contributed by atoms with van der Waals surface area (Å²) in [6.45, 7) is 11.4. The molecule has 0 aliphatic heterocycles. The smallest absolute Gasteiger partial charge is 0.241 e. The van der Waals surface area contributed by atoms with Gasteiger partial charge in [0, 0.05) is 64.1 Å². The molecular formula is C20H36N6O. The van der Waals surface area contributed by atoms with Gasteiger partial charge < -0.3 is 15.5 Å². The highest BCUT2D eigenvalue weighted by Gasteiger charge is 2.13. The molecule has 0 fully saturated rings. The number of rotatable bonds is 10. The third kappa shape index (κ3) is 8.86. The molecule has 27 heavy (non-hydrogen) atoms. The summed E-state index contributed by atoms with van der Waals surface area (Å²) in [7, 11) is 3.53. The average molecular weight is 377 g/mol. The topological polar surface area (TPSA) is 72.9 Å². The molecule has 0 unspecified atom stereocenters. The molecule has 7 nitrogen and oxygen atoms in total. The Balaban J connectivity index is 2.33. The molecule has 0 spiro atoms. The molecule has 1 aromatic heterocycles. The van der Waals surface area contributed by atoms with Crippen molar-refractivity contribution in [1.29, 1.82) is 0 Å². The first-order valence-corrected chi connectivity index (χ1v) is 9.69. The van der Waals surface area contributed by atoms with Gasteiger partial charge in [0.15, 0.2) is 5.96 Å². The number of likely N-dealkylation sites (N-methyl/N-ethyl adjacent to an activating group) is 1. The minimum absolute atomic E-state index is 0.0277. The number of nitrogens with zero attached hydrogens (tertiary/aromatic N) is 4. The standard InChI is InChI=1S/C20H36N6O/c1-16(2)26(17(3)4)14-12-23-20(21-5)24-15-19(27)25(6)13-10-18-9-7-8-11-22-18/h7-9,11,16-17H,10,12-15H2,1-6H3,(H2,21,23,24). The number of aliphatic imine (C=N–C) groups is 1. The van der Waals surface area contributed by atoms with Crippen LogP contribution in [-0.4, -0.2) is 79.0 Å². The number of guanidine groups is 1. The molecule has 0 bridgehead atoms. The molecule has 2 N–H and O–H groups in total. The maximum atomic E-state index is 12.3. The summed E-state index contributed by atoms with van der Waals surface area (Å²) in [6, 6.07) is 6.82. The first-order chi connectivity index (χ1) is 12.8. The van der Waals surface area contributed by atoms with E-state index in [1.54, 1.807) is 18.1 Å². The van der Waals surface area contributed by atoms with E-state index in [2.05, 4.69) is 53.2 Å². The summed E-state index contributed by atoms with van der Waals surface area (Å²) < 4.78 is 0. The Morgan fingerprint density at radius 1 is 1.15 bits per heavy atom. The van der Waals surface area contributed by atoms with Crippen LogP contribution in [0, 0.1) is 0 Å². The zero-order valence-corrected chi connectivity index (χ0v) is 17.7. The van der Waals surface area contributed by atoms with Crippen LogP contribution in [0.25, 0.3) is 0 Å². The number of nitrogens with one attached hydrogen (secondary N) is 2. The zero-order chi connectivity index (χ0) is 20.2. The molecule has 0 aromatic carbocycles. The molecule has 152 valence electrons. The molecule has 0 radical (unpaired) electrons. The molecule has 0 atom stereocenters. The highest BCUT2D eigenvalue weighted by Crippen LogP contribution is 2.03. The van der Waals surface area contributed by atoms with Gasteiger partial charge in [-0.15, -0.1) is 0 Å². The SMILES string of the molecule is CN=C(NCCN(C(C)C)C(C)C)NCC(=O)N(C)CCc1ccccn1. The van der Waals surface area contributed by atoms with Gasteiger partial charge in [0.25, 0.3) is 0 Å². The summed E-state index contributed by atoms with van der Waals surface area (Å²) in [5, 5.41) is 6.37. The predicted molar refractivity (Wildman–Crippen MR) is 112 cm³/mol. The number of carbonyl (C=O) groups is 1. The van der Waals surface area contributed by atoms with Crippen molar-refractivity contribution < 1.29 is 4.79 Å². The molecule has 1 aromatic rings. The van der Waals surface area contributed by atoms with E-state index in [1.165, 1.54) is 0 Å². The van der Waals surface area contributed by atoms with E-state index in [9.17, 15) is 4.79 Å². The highest BCUT2D eigenvalue weighted by atomic mass is 16.2. The summed E-state index contributed by atoms with van der Waals surface area (Å²) >= 11 is 0. The van der Waals surface area contributed by atoms with Gasteiger partial charge in [0.05, 0.1) is 6.54 Å². The fourth-order valence-corrected chi connectivity index (χ4v) is 2.88. The minimum atomic E-state index is 0.0277. The van der Waals surface area contributed by atoms with Crippen LogP contribution in [0.5, 0.6) is 0 Å². The number of carbonyl (C=O) groups excluding carboxylic acids is 1. The van der Waals surface area contributed by atoms with Crippen molar-refractivity contribution in [3.05, 3.63) is 30.1 Å². The second kappa shape index (κ2) is 12.3. The Hall–Kier alpha value is -2.15. The lowest BCUT2D eigenvalue weighted by Crippen LogP contribution is -2.47. The van der Waals surface area contributed by atoms with Crippen molar-refractivity contribution in [3.63, 3.8) is 0 Å². The first kappa shape index (κ1) is 22.9. The van der Waals surface area contributed by atoms with Gasteiger partial charge in [0.2, 0.25) is 5.91 Å². The molecule has 0 aliphatic carbocycles. The largest absolute Gasteiger partial charge is 0.355 e. The van der Waals surface area contributed by atoms with Gasteiger partial charge in [0.1, 0.15) is 0 Å². The van der Waals surface area contributed by atoms with Crippen molar-refractivity contribution in [2.45, 2.75) is 46.2 Å². The Bertz CT molecular complexity index is 565. The molecule has 0 saturated heterocycles. The number of pyridine rings is 1. The van der Waals surface area contributed by atoms with E-state index in [-0.39, 0.29) is 12.5 Å². The molecule has 1 amide bonds. The third-order valence-electron chi connectivity index (χ3n) is 4.47. The van der Waals surface area contributed by atoms with Gasteiger partial charge in [-0.2, -0.15) is 0 Å². The van der Waals surface area contributed by atoms with Gasteiger partial charge in [-0.1, -0.05) is 6.07 Å². The number of hydrogen-bond donors (Lipinski definition) is 2. The van der Waals surface area contributed by atoms with Crippen molar-refractivity contribution in [3.8, 4) is 0 Å². The van der Waals surface area contributed by atoms with Gasteiger partial charge in [-0.05, 0) is 39.8 Å². The monoisotopic (exact) mass is 376 g/mol.